The van der Waals surface area contributed by atoms with E-state index in [1.54, 1.807) is 4.67 Å². The molecule has 0 radical (unpaired) electrons. The topological polar surface area (TPSA) is 72.2 Å². The highest BCUT2D eigenvalue weighted by Crippen LogP contribution is 2.50. The second-order valence-electron chi connectivity index (χ2n) is 6.07. The molecule has 1 unspecified atom stereocenters. The molecule has 0 aliphatic heterocycles. The SMILES string of the molecule is CCCSc1nc(Cl)c([N+](=O)[O-])c(N(P)[C@@H]2C[C@H]2c2ccc(F)c(F)c2)n1. The zero-order chi connectivity index (χ0) is 19.7. The Hall–Kier alpha value is -1.57. The Morgan fingerprint density at radius 1 is 1.41 bits per heavy atom. The van der Waals surface area contributed by atoms with Gasteiger partial charge in [-0.2, -0.15) is 4.98 Å². The van der Waals surface area contributed by atoms with Crippen LogP contribution in [0.4, 0.5) is 20.3 Å². The van der Waals surface area contributed by atoms with Crippen LogP contribution in [0.15, 0.2) is 23.4 Å². The standard InChI is InChI=1S/C16H16ClF2N4O2PS/c1-2-5-27-16-20-14(17)13(23(24)25)15(21-16)22(26)12-7-9(12)8-3-4-10(18)11(19)6-8/h3-4,6,9,12H,2,5,7,26H2,1H3/t9-,12+/m0/s1. The summed E-state index contributed by atoms with van der Waals surface area (Å²) in [5.41, 5.74) is 0.262. The third-order valence-corrected chi connectivity index (χ3v) is 6.10. The summed E-state index contributed by atoms with van der Waals surface area (Å²) in [6, 6.07) is 3.60. The lowest BCUT2D eigenvalue weighted by atomic mass is 10.1. The van der Waals surface area contributed by atoms with Crippen molar-refractivity contribution in [2.75, 3.05) is 10.4 Å². The van der Waals surface area contributed by atoms with Crippen LogP contribution >= 0.6 is 32.8 Å². The minimum Gasteiger partial charge on any atom is -0.332 e. The van der Waals surface area contributed by atoms with Gasteiger partial charge in [0.25, 0.3) is 0 Å². The van der Waals surface area contributed by atoms with Crippen LogP contribution < -0.4 is 4.67 Å². The van der Waals surface area contributed by atoms with Gasteiger partial charge in [-0.05, 0) is 39.9 Å². The van der Waals surface area contributed by atoms with E-state index in [1.807, 2.05) is 6.92 Å². The molecular formula is C16H16ClF2N4O2PS. The molecule has 1 heterocycles. The fourth-order valence-electron chi connectivity index (χ4n) is 2.74. The van der Waals surface area contributed by atoms with E-state index in [0.717, 1.165) is 24.3 Å². The average Bonchev–Trinajstić information content (AvgIpc) is 3.41. The van der Waals surface area contributed by atoms with Crippen molar-refractivity contribution in [1.82, 2.24) is 9.97 Å². The van der Waals surface area contributed by atoms with Gasteiger partial charge in [-0.25, -0.2) is 13.8 Å². The maximum absolute atomic E-state index is 13.5. The average molecular weight is 433 g/mol. The van der Waals surface area contributed by atoms with Crippen molar-refractivity contribution >= 4 is 44.3 Å². The summed E-state index contributed by atoms with van der Waals surface area (Å²) in [5, 5.41) is 11.6. The summed E-state index contributed by atoms with van der Waals surface area (Å²) in [4.78, 5) is 19.2. The lowest BCUT2D eigenvalue weighted by molar-refractivity contribution is -0.384. The normalized spacial score (nSPS) is 18.4. The molecule has 1 aromatic heterocycles. The third kappa shape index (κ3) is 4.31. The number of benzene rings is 1. The number of hydrogen-bond acceptors (Lipinski definition) is 6. The van der Waals surface area contributed by atoms with E-state index >= 15 is 0 Å². The Morgan fingerprint density at radius 2 is 2.15 bits per heavy atom. The molecule has 144 valence electrons. The monoisotopic (exact) mass is 432 g/mol. The quantitative estimate of drug-likeness (QED) is 0.154. The van der Waals surface area contributed by atoms with Gasteiger partial charge >= 0.3 is 5.69 Å². The summed E-state index contributed by atoms with van der Waals surface area (Å²) in [6.07, 6.45) is 1.52. The van der Waals surface area contributed by atoms with Gasteiger partial charge in [-0.3, -0.25) is 10.1 Å². The molecule has 0 spiro atoms. The van der Waals surface area contributed by atoms with E-state index in [-0.39, 0.29) is 28.6 Å². The van der Waals surface area contributed by atoms with Crippen LogP contribution in [0.25, 0.3) is 0 Å². The third-order valence-electron chi connectivity index (χ3n) is 4.15. The van der Waals surface area contributed by atoms with Crippen LogP contribution in [0.5, 0.6) is 0 Å². The number of hydrogen-bond donors (Lipinski definition) is 0. The summed E-state index contributed by atoms with van der Waals surface area (Å²) < 4.78 is 28.2. The van der Waals surface area contributed by atoms with Crippen LogP contribution in [-0.2, 0) is 0 Å². The molecule has 0 bridgehead atoms. The predicted octanol–water partition coefficient (Wildman–Crippen LogP) is 4.97. The van der Waals surface area contributed by atoms with Gasteiger partial charge in [-0.1, -0.05) is 36.4 Å². The molecule has 1 fully saturated rings. The molecule has 1 aromatic carbocycles. The van der Waals surface area contributed by atoms with E-state index in [2.05, 4.69) is 19.4 Å². The van der Waals surface area contributed by atoms with Crippen LogP contribution in [0.2, 0.25) is 5.15 Å². The molecule has 1 aliphatic rings. The van der Waals surface area contributed by atoms with Crippen molar-refractivity contribution in [1.29, 1.82) is 0 Å². The molecule has 3 atom stereocenters. The van der Waals surface area contributed by atoms with Gasteiger partial charge in [0.1, 0.15) is 0 Å². The van der Waals surface area contributed by atoms with Crippen molar-refractivity contribution in [2.45, 2.75) is 36.9 Å². The summed E-state index contributed by atoms with van der Waals surface area (Å²) in [6.45, 7) is 2.00. The first kappa shape index (κ1) is 20.2. The first-order valence-electron chi connectivity index (χ1n) is 8.17. The zero-order valence-electron chi connectivity index (χ0n) is 14.2. The number of aromatic nitrogens is 2. The van der Waals surface area contributed by atoms with Crippen molar-refractivity contribution in [3.8, 4) is 0 Å². The largest absolute Gasteiger partial charge is 0.348 e. The van der Waals surface area contributed by atoms with E-state index in [1.165, 1.54) is 17.8 Å². The number of rotatable bonds is 7. The van der Waals surface area contributed by atoms with E-state index in [4.69, 9.17) is 11.6 Å². The highest BCUT2D eigenvalue weighted by molar-refractivity contribution is 7.99. The van der Waals surface area contributed by atoms with Gasteiger partial charge in [0.05, 0.1) is 4.92 Å². The lowest BCUT2D eigenvalue weighted by Gasteiger charge is -2.19. The van der Waals surface area contributed by atoms with Crippen LogP contribution in [0.3, 0.4) is 0 Å². The highest BCUT2D eigenvalue weighted by Gasteiger charge is 2.44. The maximum Gasteiger partial charge on any atom is 0.348 e. The molecule has 27 heavy (non-hydrogen) atoms. The number of nitrogens with zero attached hydrogens (tertiary/aromatic N) is 4. The highest BCUT2D eigenvalue weighted by atomic mass is 35.5. The molecule has 0 saturated heterocycles. The molecule has 0 N–H and O–H groups in total. The van der Waals surface area contributed by atoms with E-state index in [0.29, 0.717) is 17.1 Å². The second kappa shape index (κ2) is 8.20. The molecule has 3 rings (SSSR count). The van der Waals surface area contributed by atoms with E-state index in [9.17, 15) is 18.9 Å². The summed E-state index contributed by atoms with van der Waals surface area (Å²) >= 11 is 7.40. The minimum atomic E-state index is -0.914. The van der Waals surface area contributed by atoms with Gasteiger partial charge in [0.2, 0.25) is 11.0 Å². The van der Waals surface area contributed by atoms with Crippen LogP contribution in [0, 0.1) is 21.7 Å². The molecule has 0 amide bonds. The Balaban J connectivity index is 1.89. The molecule has 1 saturated carbocycles. The molecule has 2 aromatic rings. The number of anilines is 1. The molecule has 11 heteroatoms. The van der Waals surface area contributed by atoms with Crippen molar-refractivity contribution in [3.05, 3.63) is 50.7 Å². The van der Waals surface area contributed by atoms with Crippen LogP contribution in [-0.4, -0.2) is 26.7 Å². The number of halogens is 3. The Labute approximate surface area is 166 Å². The van der Waals surface area contributed by atoms with Gasteiger partial charge in [0, 0.05) is 17.7 Å². The van der Waals surface area contributed by atoms with Crippen molar-refractivity contribution < 1.29 is 13.7 Å². The van der Waals surface area contributed by atoms with Crippen LogP contribution in [0.1, 0.15) is 31.2 Å². The molecular weight excluding hydrogens is 417 g/mol. The van der Waals surface area contributed by atoms with Crippen molar-refractivity contribution in [3.63, 3.8) is 0 Å². The smallest absolute Gasteiger partial charge is 0.332 e. The Morgan fingerprint density at radius 3 is 2.78 bits per heavy atom. The van der Waals surface area contributed by atoms with Gasteiger partial charge in [-0.15, -0.1) is 0 Å². The summed E-state index contributed by atoms with van der Waals surface area (Å²) in [5.74, 6) is -1.06. The fourth-order valence-corrected chi connectivity index (χ4v) is 4.23. The molecule has 6 nitrogen and oxygen atoms in total. The number of nitro groups is 1. The molecule has 1 aliphatic carbocycles. The minimum absolute atomic E-state index is 0.0855. The zero-order valence-corrected chi connectivity index (χ0v) is 17.0. The van der Waals surface area contributed by atoms with E-state index < -0.39 is 16.6 Å². The van der Waals surface area contributed by atoms with Gasteiger partial charge < -0.3 is 4.67 Å². The Bertz CT molecular complexity index is 892. The fraction of sp³-hybridized carbons (Fsp3) is 0.375. The number of thioether (sulfide) groups is 1. The Kier molecular flexibility index (Phi) is 6.13. The summed E-state index contributed by atoms with van der Waals surface area (Å²) in [7, 11) is 2.42. The second-order valence-corrected chi connectivity index (χ2v) is 8.04. The lowest BCUT2D eigenvalue weighted by Crippen LogP contribution is -2.18. The van der Waals surface area contributed by atoms with Gasteiger partial charge in [0.15, 0.2) is 16.8 Å². The predicted molar refractivity (Wildman–Crippen MR) is 104 cm³/mol. The van der Waals surface area contributed by atoms with Crippen molar-refractivity contribution in [2.24, 2.45) is 0 Å². The maximum atomic E-state index is 13.5. The first-order valence-corrected chi connectivity index (χ1v) is 10.0. The first-order chi connectivity index (χ1) is 12.8.